The molecule has 14 nitrogen and oxygen atoms in total. The first-order valence-electron chi connectivity index (χ1n) is 22.5. The number of carboxylic acids is 1. The number of carboxylic acid groups (broad SMARTS) is 1. The molecule has 8 rings (SSSR count). The summed E-state index contributed by atoms with van der Waals surface area (Å²) >= 11 is 0. The summed E-state index contributed by atoms with van der Waals surface area (Å²) in [6.45, 7) is 26.6. The summed E-state index contributed by atoms with van der Waals surface area (Å²) < 4.78 is 5.58. The summed E-state index contributed by atoms with van der Waals surface area (Å²) in [7, 11) is 1.82. The molecule has 0 fully saturated rings. The highest BCUT2D eigenvalue weighted by atomic mass is 16.5. The van der Waals surface area contributed by atoms with E-state index in [0.717, 1.165) is 59.0 Å². The number of rotatable bonds is 8. The van der Waals surface area contributed by atoms with E-state index in [9.17, 15) is 24.4 Å². The number of nitrogens with one attached hydrogen (secondary N) is 1. The lowest BCUT2D eigenvalue weighted by atomic mass is 9.89. The fourth-order valence-corrected chi connectivity index (χ4v) is 6.36. The number of anilines is 1. The van der Waals surface area contributed by atoms with E-state index in [-0.39, 0.29) is 22.9 Å². The molecule has 67 heavy (non-hydrogen) atoms. The second-order valence-electron chi connectivity index (χ2n) is 13.7. The van der Waals surface area contributed by atoms with Gasteiger partial charge in [-0.05, 0) is 145 Å². The first-order chi connectivity index (χ1) is 32.4. The first-order valence-corrected chi connectivity index (χ1v) is 22.5. The summed E-state index contributed by atoms with van der Waals surface area (Å²) in [6, 6.07) is 21.3. The zero-order chi connectivity index (χ0) is 50.2. The highest BCUT2D eigenvalue weighted by molar-refractivity contribution is 5.91. The van der Waals surface area contributed by atoms with Crippen LogP contribution in [0.2, 0.25) is 0 Å². The van der Waals surface area contributed by atoms with Gasteiger partial charge in [-0.25, -0.2) is 29.5 Å². The van der Waals surface area contributed by atoms with Crippen LogP contribution >= 0.6 is 0 Å². The third kappa shape index (κ3) is 15.2. The number of hydrogen-bond acceptors (Lipinski definition) is 13. The molecule has 0 amide bonds. The highest BCUT2D eigenvalue weighted by Crippen LogP contribution is 2.36. The van der Waals surface area contributed by atoms with E-state index < -0.39 is 11.9 Å². The molecule has 4 N–H and O–H groups in total. The highest BCUT2D eigenvalue weighted by Gasteiger charge is 2.26. The van der Waals surface area contributed by atoms with Crippen LogP contribution < -0.4 is 15.8 Å². The number of aromatic nitrogens is 5. The third-order valence-corrected chi connectivity index (χ3v) is 9.24. The van der Waals surface area contributed by atoms with Gasteiger partial charge >= 0.3 is 11.9 Å². The van der Waals surface area contributed by atoms with Gasteiger partial charge in [-0.15, -0.1) is 4.91 Å². The number of aryl methyl sites for hydroxylation is 4. The number of hydrogen-bond donors (Lipinski definition) is 3. The van der Waals surface area contributed by atoms with Crippen molar-refractivity contribution in [1.29, 1.82) is 0 Å². The normalized spacial score (nSPS) is 10.9. The van der Waals surface area contributed by atoms with Crippen molar-refractivity contribution < 1.29 is 24.2 Å². The minimum Gasteiger partial charge on any atom is -0.477 e. The molecule has 0 spiro atoms. The van der Waals surface area contributed by atoms with Crippen LogP contribution in [0.5, 0.6) is 5.75 Å². The van der Waals surface area contributed by atoms with Crippen molar-refractivity contribution in [1.82, 2.24) is 24.9 Å². The van der Waals surface area contributed by atoms with Crippen molar-refractivity contribution in [2.24, 2.45) is 10.9 Å². The zero-order valence-electron chi connectivity index (χ0n) is 40.7. The number of ether oxygens (including phenoxy) is 1. The van der Waals surface area contributed by atoms with Crippen molar-refractivity contribution in [2.75, 3.05) is 12.4 Å². The molecule has 1 aromatic carbocycles. The standard InChI is InChI=1S/C35H26N6O4.C7H8N2O.C3H6O.4C2H6/c1-3-24(36)14-18(2)26-13-10-25(17-37-26)45-35(44)28-12-9-20-5-7-22-16-23-15-21-6-4-19-8-11-27(34(42)43)38-29(19)31(21)40-33(23)41-32(22)30(20)39-28;1-8-6-2-4-7(9-10)5-3-6;1-3(2)4;4*1-2/h3,8-17H,1-2,4-7,36H2,(H,42,43);2-5,8H,1H3;1-2H3;4*1-2H3/b24-14+;;;;;;. The van der Waals surface area contributed by atoms with Crippen LogP contribution in [0.1, 0.15) is 118 Å². The van der Waals surface area contributed by atoms with E-state index in [0.29, 0.717) is 51.1 Å². The maximum atomic E-state index is 13.1. The summed E-state index contributed by atoms with van der Waals surface area (Å²) in [5.74, 6) is -1.29. The van der Waals surface area contributed by atoms with E-state index in [1.165, 1.54) is 32.2 Å². The van der Waals surface area contributed by atoms with Crippen LogP contribution in [-0.4, -0.2) is 54.8 Å². The number of pyridine rings is 5. The van der Waals surface area contributed by atoms with Crippen LogP contribution in [0, 0.1) is 4.91 Å². The van der Waals surface area contributed by atoms with E-state index in [1.807, 2.05) is 68.5 Å². The third-order valence-electron chi connectivity index (χ3n) is 9.24. The Hall–Kier alpha value is -7.74. The Morgan fingerprint density at radius 2 is 1.16 bits per heavy atom. The van der Waals surface area contributed by atoms with Crippen LogP contribution in [0.25, 0.3) is 39.4 Å². The largest absolute Gasteiger partial charge is 0.477 e. The minimum absolute atomic E-state index is 0.0255. The Kier molecular flexibility index (Phi) is 23.3. The summed E-state index contributed by atoms with van der Waals surface area (Å²) in [5.41, 5.74) is 15.9. The Morgan fingerprint density at radius 3 is 1.61 bits per heavy atom. The van der Waals surface area contributed by atoms with Gasteiger partial charge in [0.15, 0.2) is 5.65 Å². The molecule has 0 bridgehead atoms. The number of carbonyl (C=O) groups excluding carboxylic acids is 2. The summed E-state index contributed by atoms with van der Waals surface area (Å²) in [4.78, 5) is 67.3. The van der Waals surface area contributed by atoms with Gasteiger partial charge in [-0.3, -0.25) is 4.98 Å². The van der Waals surface area contributed by atoms with Crippen molar-refractivity contribution in [3.63, 3.8) is 0 Å². The Morgan fingerprint density at radius 1 is 0.701 bits per heavy atom. The van der Waals surface area contributed by atoms with Crippen molar-refractivity contribution >= 4 is 45.7 Å². The average Bonchev–Trinajstić information content (AvgIpc) is 3.37. The van der Waals surface area contributed by atoms with Gasteiger partial charge in [0.2, 0.25) is 0 Å². The number of allylic oxidation sites excluding steroid dienone is 3. The van der Waals surface area contributed by atoms with Crippen LogP contribution in [0.15, 0.2) is 115 Å². The molecule has 0 saturated heterocycles. The Balaban J connectivity index is 0.000000590. The molecule has 0 saturated carbocycles. The Labute approximate surface area is 394 Å². The van der Waals surface area contributed by atoms with Crippen molar-refractivity contribution in [3.05, 3.63) is 154 Å². The molecule has 0 unspecified atom stereocenters. The fourth-order valence-electron chi connectivity index (χ4n) is 6.36. The number of esters is 1. The number of nitrogens with zero attached hydrogens (tertiary/aromatic N) is 6. The van der Waals surface area contributed by atoms with Gasteiger partial charge < -0.3 is 25.7 Å². The quantitative estimate of drug-likeness (QED) is 0.0737. The Bertz CT molecular complexity index is 2670. The number of nitroso groups, excluding NO2 is 1. The molecule has 6 aromatic rings. The van der Waals surface area contributed by atoms with Gasteiger partial charge in [0, 0.05) is 23.8 Å². The van der Waals surface area contributed by atoms with Crippen LogP contribution in [-0.2, 0) is 30.5 Å². The van der Waals surface area contributed by atoms with Crippen LogP contribution in [0.4, 0.5) is 11.4 Å². The molecule has 2 aliphatic carbocycles. The number of ketones is 1. The minimum atomic E-state index is -1.09. The smallest absolute Gasteiger partial charge is 0.362 e. The maximum absolute atomic E-state index is 13.1. The van der Waals surface area contributed by atoms with Gasteiger partial charge in [0.05, 0.1) is 34.7 Å². The lowest BCUT2D eigenvalue weighted by Gasteiger charge is -2.21. The summed E-state index contributed by atoms with van der Waals surface area (Å²) in [5, 5.41) is 16.1. The van der Waals surface area contributed by atoms with Crippen molar-refractivity contribution in [3.8, 4) is 28.5 Å². The second-order valence-corrected chi connectivity index (χ2v) is 13.7. The molecular weight excluding hydrogens is 845 g/mol. The van der Waals surface area contributed by atoms with Crippen LogP contribution in [0.3, 0.4) is 0 Å². The number of carbonyl (C=O) groups is 3. The zero-order valence-corrected chi connectivity index (χ0v) is 40.7. The number of fused-ring (bicyclic) bond motifs is 7. The second kappa shape index (κ2) is 28.2. The maximum Gasteiger partial charge on any atom is 0.362 e. The molecule has 2 aliphatic rings. The molecule has 0 aliphatic heterocycles. The number of benzene rings is 1. The predicted molar refractivity (Wildman–Crippen MR) is 272 cm³/mol. The van der Waals surface area contributed by atoms with Gasteiger partial charge in [-0.1, -0.05) is 80.7 Å². The topological polar surface area (TPSA) is 213 Å². The van der Waals surface area contributed by atoms with Crippen molar-refractivity contribution in [2.45, 2.75) is 94.9 Å². The molecule has 14 heteroatoms. The molecular formula is C53H64N8O6. The van der Waals surface area contributed by atoms with Gasteiger partial charge in [-0.2, -0.15) is 0 Å². The fraction of sp³-hybridized carbons (Fsp3) is 0.283. The molecule has 5 heterocycles. The molecule has 0 atom stereocenters. The van der Waals surface area contributed by atoms with Gasteiger partial charge in [0.25, 0.3) is 0 Å². The SMILES string of the molecule is C=C/C(N)=C\C(=C)c1ccc(OC(=O)c2ccc3c(n2)-c2nc4nc5c(cc4cc2CC3)CCc2ccc(C(=O)O)nc2-5)cn1.CC.CC.CC.CC.CC(C)=O.CNc1ccc(N=O)cc1. The predicted octanol–water partition coefficient (Wildman–Crippen LogP) is 12.1. The number of aromatic carboxylic acids is 1. The molecule has 352 valence electrons. The van der Waals surface area contributed by atoms with E-state index in [1.54, 1.807) is 54.6 Å². The first kappa shape index (κ1) is 55.4. The summed E-state index contributed by atoms with van der Waals surface area (Å²) in [6.07, 6.45) is 7.68. The molecule has 0 radical (unpaired) electrons. The van der Waals surface area contributed by atoms with E-state index >= 15 is 0 Å². The van der Waals surface area contributed by atoms with E-state index in [2.05, 4.69) is 45.8 Å². The number of nitrogens with two attached hydrogens (primary N) is 1. The number of Topliss-reactive ketones (excluding diaryl/α,β-unsaturated/α-hetero) is 1. The lowest BCUT2D eigenvalue weighted by molar-refractivity contribution is -0.115. The average molecular weight is 909 g/mol. The van der Waals surface area contributed by atoms with E-state index in [4.69, 9.17) is 25.4 Å². The molecule has 5 aromatic heterocycles. The lowest BCUT2D eigenvalue weighted by Crippen LogP contribution is -2.15. The van der Waals surface area contributed by atoms with Gasteiger partial charge in [0.1, 0.15) is 28.6 Å². The monoisotopic (exact) mass is 908 g/mol.